The molecule has 1 heterocycles. The van der Waals surface area contributed by atoms with Gasteiger partial charge in [0.2, 0.25) is 5.82 Å². The molecule has 0 fully saturated rings. The van der Waals surface area contributed by atoms with Crippen LogP contribution < -0.4 is 11.0 Å². The third-order valence-corrected chi connectivity index (χ3v) is 4.03. The molecule has 0 radical (unpaired) electrons. The minimum Gasteiger partial charge on any atom is -0.347 e. The number of nitrogens with one attached hydrogen (secondary N) is 3. The second-order valence-electron chi connectivity index (χ2n) is 4.99. The quantitative estimate of drug-likeness (QED) is 0.714. The Kier molecular flexibility index (Phi) is 5.95. The van der Waals surface area contributed by atoms with Crippen LogP contribution in [0.3, 0.4) is 0 Å². The first-order valence-electron chi connectivity index (χ1n) is 7.48. The van der Waals surface area contributed by atoms with Gasteiger partial charge in [-0.05, 0) is 24.7 Å². The summed E-state index contributed by atoms with van der Waals surface area (Å²) in [7, 11) is 0. The molecule has 8 heteroatoms. The van der Waals surface area contributed by atoms with Crippen LogP contribution in [0.2, 0.25) is 5.02 Å². The van der Waals surface area contributed by atoms with Crippen LogP contribution in [-0.2, 0) is 0 Å². The van der Waals surface area contributed by atoms with E-state index in [1.165, 1.54) is 0 Å². The predicted molar refractivity (Wildman–Crippen MR) is 88.7 cm³/mol. The van der Waals surface area contributed by atoms with Crippen LogP contribution in [0.5, 0.6) is 0 Å². The van der Waals surface area contributed by atoms with Crippen LogP contribution in [0.25, 0.3) is 0 Å². The van der Waals surface area contributed by atoms with Gasteiger partial charge in [0.1, 0.15) is 0 Å². The Labute approximate surface area is 139 Å². The van der Waals surface area contributed by atoms with Crippen molar-refractivity contribution in [2.24, 2.45) is 0 Å². The minimum absolute atomic E-state index is 0.0348. The highest BCUT2D eigenvalue weighted by molar-refractivity contribution is 6.31. The van der Waals surface area contributed by atoms with E-state index in [0.717, 1.165) is 18.7 Å². The summed E-state index contributed by atoms with van der Waals surface area (Å²) >= 11 is 6.31. The van der Waals surface area contributed by atoms with E-state index in [4.69, 9.17) is 11.6 Å². The summed E-state index contributed by atoms with van der Waals surface area (Å²) in [5, 5.41) is 9.25. The first-order valence-corrected chi connectivity index (χ1v) is 7.86. The summed E-state index contributed by atoms with van der Waals surface area (Å²) in [5.74, 6) is -0.472. The van der Waals surface area contributed by atoms with Crippen LogP contribution in [-0.4, -0.2) is 45.6 Å². The lowest BCUT2D eigenvalue weighted by Crippen LogP contribution is -2.38. The van der Waals surface area contributed by atoms with Crippen molar-refractivity contribution in [1.82, 2.24) is 25.4 Å². The topological polar surface area (TPSA) is 93.9 Å². The first-order chi connectivity index (χ1) is 11.1. The second kappa shape index (κ2) is 7.94. The molecule has 0 aliphatic rings. The Hall–Kier alpha value is -2.12. The summed E-state index contributed by atoms with van der Waals surface area (Å²) in [4.78, 5) is 27.6. The van der Waals surface area contributed by atoms with Gasteiger partial charge >= 0.3 is 5.69 Å². The molecule has 1 atom stereocenters. The normalized spacial score (nSPS) is 12.3. The fraction of sp³-hybridized carbons (Fsp3) is 0.400. The maximum atomic E-state index is 12.1. The summed E-state index contributed by atoms with van der Waals surface area (Å²) in [6.45, 7) is 6.11. The fourth-order valence-corrected chi connectivity index (χ4v) is 2.76. The zero-order valence-electron chi connectivity index (χ0n) is 13.1. The number of halogens is 1. The Morgan fingerprint density at radius 1 is 1.35 bits per heavy atom. The van der Waals surface area contributed by atoms with Crippen molar-refractivity contribution in [3.8, 4) is 0 Å². The third-order valence-electron chi connectivity index (χ3n) is 3.69. The van der Waals surface area contributed by atoms with Gasteiger partial charge in [0.25, 0.3) is 5.91 Å². The van der Waals surface area contributed by atoms with E-state index in [1.54, 1.807) is 0 Å². The van der Waals surface area contributed by atoms with Crippen LogP contribution in [0, 0.1) is 0 Å². The maximum absolute atomic E-state index is 12.1. The lowest BCUT2D eigenvalue weighted by molar-refractivity contribution is 0.0925. The highest BCUT2D eigenvalue weighted by Crippen LogP contribution is 2.26. The van der Waals surface area contributed by atoms with Crippen LogP contribution in [0.15, 0.2) is 29.1 Å². The van der Waals surface area contributed by atoms with Crippen molar-refractivity contribution >= 4 is 17.5 Å². The highest BCUT2D eigenvalue weighted by atomic mass is 35.5. The number of hydrogen-bond acceptors (Lipinski definition) is 4. The maximum Gasteiger partial charge on any atom is 0.341 e. The minimum atomic E-state index is -0.512. The van der Waals surface area contributed by atoms with E-state index in [0.29, 0.717) is 11.6 Å². The molecule has 2 rings (SSSR count). The molecular weight excluding hydrogens is 318 g/mol. The second-order valence-corrected chi connectivity index (χ2v) is 5.40. The summed E-state index contributed by atoms with van der Waals surface area (Å²) < 4.78 is 0. The van der Waals surface area contributed by atoms with Crippen LogP contribution in [0.4, 0.5) is 0 Å². The molecule has 1 aromatic heterocycles. The zero-order chi connectivity index (χ0) is 16.8. The fourth-order valence-electron chi connectivity index (χ4n) is 2.50. The molecule has 23 heavy (non-hydrogen) atoms. The van der Waals surface area contributed by atoms with Gasteiger partial charge < -0.3 is 5.32 Å². The SMILES string of the molecule is CCN(CC)[C@H](CNC(=O)c1n[nH]c(=O)[nH]1)c1ccccc1Cl. The Morgan fingerprint density at radius 2 is 2.04 bits per heavy atom. The molecular formula is C15H20ClN5O2. The molecule has 3 N–H and O–H groups in total. The number of carbonyl (C=O) groups excluding carboxylic acids is 1. The van der Waals surface area contributed by atoms with Gasteiger partial charge in [0, 0.05) is 11.6 Å². The van der Waals surface area contributed by atoms with Gasteiger partial charge in [0.15, 0.2) is 0 Å². The number of hydrogen-bond donors (Lipinski definition) is 3. The van der Waals surface area contributed by atoms with Gasteiger partial charge in [-0.1, -0.05) is 43.6 Å². The van der Waals surface area contributed by atoms with Gasteiger partial charge in [-0.15, -0.1) is 5.10 Å². The molecule has 0 saturated heterocycles. The summed E-state index contributed by atoms with van der Waals surface area (Å²) in [5.41, 5.74) is 0.440. The molecule has 0 unspecified atom stereocenters. The van der Waals surface area contributed by atoms with Crippen LogP contribution >= 0.6 is 11.6 Å². The number of nitrogens with zero attached hydrogens (tertiary/aromatic N) is 2. The Morgan fingerprint density at radius 3 is 2.61 bits per heavy atom. The van der Waals surface area contributed by atoms with Gasteiger partial charge in [0.05, 0.1) is 6.04 Å². The number of likely N-dealkylation sites (N-methyl/N-ethyl adjacent to an activating group) is 1. The van der Waals surface area contributed by atoms with Gasteiger partial charge in [-0.3, -0.25) is 14.7 Å². The lowest BCUT2D eigenvalue weighted by Gasteiger charge is -2.30. The van der Waals surface area contributed by atoms with E-state index < -0.39 is 11.6 Å². The van der Waals surface area contributed by atoms with Crippen molar-refractivity contribution in [1.29, 1.82) is 0 Å². The molecule has 0 aliphatic carbocycles. The number of benzene rings is 1. The van der Waals surface area contributed by atoms with Crippen molar-refractivity contribution in [2.75, 3.05) is 19.6 Å². The van der Waals surface area contributed by atoms with Crippen LogP contribution in [0.1, 0.15) is 36.1 Å². The van der Waals surface area contributed by atoms with E-state index in [-0.39, 0.29) is 11.9 Å². The largest absolute Gasteiger partial charge is 0.347 e. The van der Waals surface area contributed by atoms with E-state index in [1.807, 2.05) is 24.3 Å². The number of aromatic nitrogens is 3. The predicted octanol–water partition coefficient (Wildman–Crippen LogP) is 1.56. The zero-order valence-corrected chi connectivity index (χ0v) is 13.9. The smallest absolute Gasteiger partial charge is 0.341 e. The van der Waals surface area contributed by atoms with Gasteiger partial charge in [-0.25, -0.2) is 9.89 Å². The average molecular weight is 338 g/mol. The molecule has 7 nitrogen and oxygen atoms in total. The monoisotopic (exact) mass is 337 g/mol. The number of aromatic amines is 2. The molecule has 2 aromatic rings. The lowest BCUT2D eigenvalue weighted by atomic mass is 10.0. The van der Waals surface area contributed by atoms with Crippen molar-refractivity contribution in [3.05, 3.63) is 51.2 Å². The van der Waals surface area contributed by atoms with E-state index in [9.17, 15) is 9.59 Å². The number of H-pyrrole nitrogens is 2. The molecule has 0 aliphatic heterocycles. The molecule has 0 saturated carbocycles. The molecule has 0 bridgehead atoms. The first kappa shape index (κ1) is 17.2. The number of rotatable bonds is 7. The van der Waals surface area contributed by atoms with E-state index in [2.05, 4.69) is 39.2 Å². The Balaban J connectivity index is 2.16. The number of amides is 1. The average Bonchev–Trinajstić information content (AvgIpc) is 2.98. The molecule has 124 valence electrons. The molecule has 1 aromatic carbocycles. The number of carbonyl (C=O) groups is 1. The standard InChI is InChI=1S/C15H20ClN5O2/c1-3-21(4-2)12(10-7-5-6-8-11(10)16)9-17-14(22)13-18-15(23)20-19-13/h5-8,12H,3-4,9H2,1-2H3,(H,17,22)(H2,18,19,20,23)/t12-/m1/s1. The van der Waals surface area contributed by atoms with Crippen molar-refractivity contribution in [2.45, 2.75) is 19.9 Å². The molecule has 0 spiro atoms. The Bertz CT molecular complexity index is 708. The summed E-state index contributed by atoms with van der Waals surface area (Å²) in [6, 6.07) is 7.52. The summed E-state index contributed by atoms with van der Waals surface area (Å²) in [6.07, 6.45) is 0. The third kappa shape index (κ3) is 4.20. The highest BCUT2D eigenvalue weighted by Gasteiger charge is 2.21. The van der Waals surface area contributed by atoms with Crippen molar-refractivity contribution in [3.63, 3.8) is 0 Å². The van der Waals surface area contributed by atoms with Gasteiger partial charge in [-0.2, -0.15) is 0 Å². The van der Waals surface area contributed by atoms with E-state index >= 15 is 0 Å². The van der Waals surface area contributed by atoms with Crippen molar-refractivity contribution < 1.29 is 4.79 Å². The molecule has 1 amide bonds.